The van der Waals surface area contributed by atoms with Gasteiger partial charge < -0.3 is 9.47 Å². The number of nitrogens with zero attached hydrogens (tertiary/aromatic N) is 2. The number of aliphatic imine (C=N–C) groups is 1. The van der Waals surface area contributed by atoms with Gasteiger partial charge in [0.25, 0.3) is 0 Å². The summed E-state index contributed by atoms with van der Waals surface area (Å²) in [6.45, 7) is 4.88. The zero-order valence-corrected chi connectivity index (χ0v) is 17.5. The molecular weight excluding hydrogens is 383 g/mol. The number of methoxy groups -OCH3 is 1. The summed E-state index contributed by atoms with van der Waals surface area (Å²) < 4.78 is 11.3. The van der Waals surface area contributed by atoms with Gasteiger partial charge in [-0.3, -0.25) is 9.98 Å². The van der Waals surface area contributed by atoms with Gasteiger partial charge in [-0.05, 0) is 68.2 Å². The van der Waals surface area contributed by atoms with E-state index in [1.165, 1.54) is 5.57 Å². The van der Waals surface area contributed by atoms with Crippen molar-refractivity contribution in [3.8, 4) is 11.5 Å². The highest BCUT2D eigenvalue weighted by atomic mass is 35.5. The zero-order chi connectivity index (χ0) is 17.6. The second kappa shape index (κ2) is 11.0. The fraction of sp³-hybridized carbons (Fsp3) is 0.333. The number of aromatic nitrogens is 1. The first-order chi connectivity index (χ1) is 12.2. The number of halogens is 2. The van der Waals surface area contributed by atoms with Crippen molar-refractivity contribution in [1.82, 2.24) is 4.98 Å². The van der Waals surface area contributed by atoms with E-state index in [1.54, 1.807) is 13.3 Å². The molecule has 2 heterocycles. The van der Waals surface area contributed by atoms with Gasteiger partial charge in [-0.2, -0.15) is 0 Å². The van der Waals surface area contributed by atoms with Crippen molar-refractivity contribution in [3.05, 3.63) is 59.4 Å². The monoisotopic (exact) mass is 408 g/mol. The van der Waals surface area contributed by atoms with E-state index in [2.05, 4.69) is 23.2 Å². The van der Waals surface area contributed by atoms with E-state index in [9.17, 15) is 0 Å². The molecule has 1 aromatic heterocycles. The Morgan fingerprint density at radius 2 is 1.93 bits per heavy atom. The van der Waals surface area contributed by atoms with Crippen molar-refractivity contribution in [3.63, 3.8) is 0 Å². The van der Waals surface area contributed by atoms with E-state index in [-0.39, 0.29) is 30.9 Å². The third-order valence-electron chi connectivity index (χ3n) is 4.00. The van der Waals surface area contributed by atoms with Crippen LogP contribution in [0.3, 0.4) is 0 Å². The van der Waals surface area contributed by atoms with Crippen LogP contribution in [0.4, 0.5) is 0 Å². The van der Waals surface area contributed by atoms with Crippen molar-refractivity contribution in [1.29, 1.82) is 0 Å². The Balaban J connectivity index is 0.00000182. The molecule has 0 fully saturated rings. The number of rotatable bonds is 5. The first-order valence-electron chi connectivity index (χ1n) is 8.68. The van der Waals surface area contributed by atoms with Crippen LogP contribution >= 0.6 is 24.8 Å². The molecule has 27 heavy (non-hydrogen) atoms. The van der Waals surface area contributed by atoms with Crippen molar-refractivity contribution < 1.29 is 9.47 Å². The van der Waals surface area contributed by atoms with Crippen LogP contribution in [-0.2, 0) is 0 Å². The van der Waals surface area contributed by atoms with E-state index < -0.39 is 0 Å². The predicted molar refractivity (Wildman–Crippen MR) is 116 cm³/mol. The summed E-state index contributed by atoms with van der Waals surface area (Å²) in [5, 5.41) is 0. The van der Waals surface area contributed by atoms with Crippen LogP contribution < -0.4 is 9.47 Å². The second-order valence-corrected chi connectivity index (χ2v) is 6.32. The van der Waals surface area contributed by atoms with Crippen molar-refractivity contribution in [2.24, 2.45) is 4.99 Å². The zero-order valence-electron chi connectivity index (χ0n) is 15.8. The van der Waals surface area contributed by atoms with Crippen LogP contribution in [0.15, 0.2) is 53.3 Å². The van der Waals surface area contributed by atoms with Crippen LogP contribution in [0.5, 0.6) is 11.5 Å². The third-order valence-corrected chi connectivity index (χ3v) is 4.00. The minimum absolute atomic E-state index is 0. The van der Waals surface area contributed by atoms with Crippen molar-refractivity contribution in [2.75, 3.05) is 13.7 Å². The van der Waals surface area contributed by atoms with Gasteiger partial charge in [0.05, 0.1) is 18.9 Å². The first-order valence-corrected chi connectivity index (χ1v) is 8.68. The van der Waals surface area contributed by atoms with E-state index in [1.807, 2.05) is 38.2 Å². The molecule has 0 bridgehead atoms. The molecule has 6 heteroatoms. The molecule has 146 valence electrons. The Labute approximate surface area is 173 Å². The summed E-state index contributed by atoms with van der Waals surface area (Å²) >= 11 is 0. The van der Waals surface area contributed by atoms with Crippen LogP contribution in [0.25, 0.3) is 6.08 Å². The fourth-order valence-corrected chi connectivity index (χ4v) is 2.93. The average molecular weight is 409 g/mol. The highest BCUT2D eigenvalue weighted by molar-refractivity contribution is 6.15. The number of allylic oxidation sites excluding steroid dienone is 1. The maximum Gasteiger partial charge on any atom is 0.161 e. The van der Waals surface area contributed by atoms with Crippen LogP contribution in [0.1, 0.15) is 37.8 Å². The smallest absolute Gasteiger partial charge is 0.161 e. The average Bonchev–Trinajstić information content (AvgIpc) is 2.64. The molecule has 0 spiro atoms. The first kappa shape index (κ1) is 23.0. The van der Waals surface area contributed by atoms with Crippen molar-refractivity contribution in [2.45, 2.75) is 32.8 Å². The number of pyridine rings is 1. The molecule has 1 aliphatic heterocycles. The lowest BCUT2D eigenvalue weighted by Gasteiger charge is -2.17. The molecule has 1 aliphatic rings. The van der Waals surface area contributed by atoms with Gasteiger partial charge in [-0.15, -0.1) is 24.8 Å². The minimum atomic E-state index is 0. The number of hydrogen-bond donors (Lipinski definition) is 0. The minimum Gasteiger partial charge on any atom is -0.493 e. The Bertz CT molecular complexity index is 790. The quantitative estimate of drug-likeness (QED) is 0.665. The third kappa shape index (κ3) is 5.98. The summed E-state index contributed by atoms with van der Waals surface area (Å²) in [6, 6.07) is 10.0. The molecule has 0 atom stereocenters. The van der Waals surface area contributed by atoms with Crippen LogP contribution in [0, 0.1) is 0 Å². The predicted octanol–water partition coefficient (Wildman–Crippen LogP) is 5.39. The van der Waals surface area contributed by atoms with Crippen molar-refractivity contribution >= 4 is 36.6 Å². The standard InChI is InChI=1S/C21H24N2O2.2ClH/c1-15(2)25-19-9-8-16(13-20(19)24-3)12-17-6-5-11-23-21(17)18-7-4-10-22-14-18;;/h4,7-10,12-15H,5-6,11H2,1-3H3;2*1H/b17-12-;;. The van der Waals surface area contributed by atoms with Gasteiger partial charge in [0.15, 0.2) is 11.5 Å². The van der Waals surface area contributed by atoms with E-state index in [0.29, 0.717) is 0 Å². The molecule has 0 amide bonds. The van der Waals surface area contributed by atoms with Gasteiger partial charge in [0.2, 0.25) is 0 Å². The van der Waals surface area contributed by atoms with Gasteiger partial charge in [0, 0.05) is 24.5 Å². The topological polar surface area (TPSA) is 43.7 Å². The molecule has 4 nitrogen and oxygen atoms in total. The molecule has 0 saturated carbocycles. The van der Waals surface area contributed by atoms with Gasteiger partial charge in [-0.1, -0.05) is 6.07 Å². The van der Waals surface area contributed by atoms with E-state index in [0.717, 1.165) is 47.7 Å². The second-order valence-electron chi connectivity index (χ2n) is 6.32. The highest BCUT2D eigenvalue weighted by Gasteiger charge is 2.15. The normalized spacial score (nSPS) is 14.8. The van der Waals surface area contributed by atoms with Gasteiger partial charge in [-0.25, -0.2) is 0 Å². The van der Waals surface area contributed by atoms with Gasteiger partial charge in [0.1, 0.15) is 0 Å². The van der Waals surface area contributed by atoms with Crippen LogP contribution in [-0.4, -0.2) is 30.5 Å². The molecule has 0 aliphatic carbocycles. The number of hydrogen-bond acceptors (Lipinski definition) is 4. The molecule has 2 aromatic rings. The molecule has 0 radical (unpaired) electrons. The highest BCUT2D eigenvalue weighted by Crippen LogP contribution is 2.31. The van der Waals surface area contributed by atoms with Crippen LogP contribution in [0.2, 0.25) is 0 Å². The summed E-state index contributed by atoms with van der Waals surface area (Å²) in [5.41, 5.74) is 4.43. The van der Waals surface area contributed by atoms with Gasteiger partial charge >= 0.3 is 0 Å². The fourth-order valence-electron chi connectivity index (χ4n) is 2.93. The molecule has 3 rings (SSSR count). The maximum absolute atomic E-state index is 5.79. The lowest BCUT2D eigenvalue weighted by Crippen LogP contribution is -2.12. The number of ether oxygens (including phenoxy) is 2. The Kier molecular flexibility index (Phi) is 9.33. The molecule has 0 saturated heterocycles. The Morgan fingerprint density at radius 1 is 1.11 bits per heavy atom. The molecular formula is C21H26Cl2N2O2. The summed E-state index contributed by atoms with van der Waals surface area (Å²) in [7, 11) is 1.67. The Morgan fingerprint density at radius 3 is 2.59 bits per heavy atom. The number of benzene rings is 1. The lowest BCUT2D eigenvalue weighted by molar-refractivity contribution is 0.230. The van der Waals surface area contributed by atoms with E-state index in [4.69, 9.17) is 14.5 Å². The molecule has 1 aromatic carbocycles. The van der Waals surface area contributed by atoms with E-state index >= 15 is 0 Å². The lowest BCUT2D eigenvalue weighted by atomic mass is 9.95. The summed E-state index contributed by atoms with van der Waals surface area (Å²) in [4.78, 5) is 8.95. The summed E-state index contributed by atoms with van der Waals surface area (Å²) in [6.07, 6.45) is 8.04. The SMILES string of the molecule is COc1cc(/C=C2/CCCN=C2c2cccnc2)ccc1OC(C)C.Cl.Cl. The Hall–Kier alpha value is -2.04. The molecule has 0 unspecified atom stereocenters. The largest absolute Gasteiger partial charge is 0.493 e. The summed E-state index contributed by atoms with van der Waals surface area (Å²) in [5.74, 6) is 1.52. The maximum atomic E-state index is 5.79. The molecule has 0 N–H and O–H groups in total.